The predicted molar refractivity (Wildman–Crippen MR) is 36.1 cm³/mol. The first-order valence-corrected chi connectivity index (χ1v) is 3.41. The highest BCUT2D eigenvalue weighted by atomic mass is 16.7. The SMILES string of the molecule is [CH]1[CH][CH][C](C2OCCO2)[CH]1. The molecule has 0 aromatic carbocycles. The van der Waals surface area contributed by atoms with Gasteiger partial charge in [0.2, 0.25) is 0 Å². The molecule has 0 atom stereocenters. The molecule has 2 aliphatic rings. The van der Waals surface area contributed by atoms with Crippen molar-refractivity contribution in [1.29, 1.82) is 0 Å². The van der Waals surface area contributed by atoms with E-state index in [9.17, 15) is 0 Å². The molecule has 0 N–H and O–H groups in total. The molecule has 53 valence electrons. The van der Waals surface area contributed by atoms with Crippen molar-refractivity contribution in [3.8, 4) is 0 Å². The molecule has 10 heavy (non-hydrogen) atoms. The summed E-state index contributed by atoms with van der Waals surface area (Å²) in [6.07, 6.45) is 7.89. The van der Waals surface area contributed by atoms with Gasteiger partial charge in [-0.15, -0.1) is 0 Å². The molecule has 2 rings (SSSR count). The Morgan fingerprint density at radius 2 is 1.70 bits per heavy atom. The molecule has 1 saturated heterocycles. The zero-order chi connectivity index (χ0) is 6.81. The summed E-state index contributed by atoms with van der Waals surface area (Å²) < 4.78 is 10.6. The molecule has 0 bridgehead atoms. The highest BCUT2D eigenvalue weighted by Gasteiger charge is 2.30. The summed E-state index contributed by atoms with van der Waals surface area (Å²) in [5.74, 6) is 1.12. The second kappa shape index (κ2) is 2.89. The Morgan fingerprint density at radius 1 is 1.10 bits per heavy atom. The minimum atomic E-state index is -0.102. The Balaban J connectivity index is 1.85. The summed E-state index contributed by atoms with van der Waals surface area (Å²) in [6, 6.07) is 0. The maximum atomic E-state index is 5.28. The molecule has 1 aliphatic heterocycles. The first-order chi connectivity index (χ1) is 4.97. The Bertz CT molecular complexity index is 87.8. The van der Waals surface area contributed by atoms with Gasteiger partial charge in [0, 0.05) is 5.92 Å². The molecule has 0 aromatic heterocycles. The Hall–Kier alpha value is -0.0800. The molecule has 1 saturated carbocycles. The summed E-state index contributed by atoms with van der Waals surface area (Å²) in [5, 5.41) is 0. The van der Waals surface area contributed by atoms with Gasteiger partial charge in [0.1, 0.15) is 0 Å². The Kier molecular flexibility index (Phi) is 1.91. The van der Waals surface area contributed by atoms with E-state index < -0.39 is 0 Å². The van der Waals surface area contributed by atoms with Crippen LogP contribution in [0.25, 0.3) is 0 Å². The molecule has 0 aromatic rings. The molecule has 2 heteroatoms. The maximum Gasteiger partial charge on any atom is 0.164 e. The summed E-state index contributed by atoms with van der Waals surface area (Å²) in [7, 11) is 0. The molecule has 2 nitrogen and oxygen atoms in total. The zero-order valence-electron chi connectivity index (χ0n) is 5.62. The van der Waals surface area contributed by atoms with E-state index in [4.69, 9.17) is 9.47 Å². The van der Waals surface area contributed by atoms with Crippen molar-refractivity contribution >= 4 is 0 Å². The minimum absolute atomic E-state index is 0.102. The lowest BCUT2D eigenvalue weighted by Crippen LogP contribution is -2.16. The molecule has 0 unspecified atom stereocenters. The van der Waals surface area contributed by atoms with Gasteiger partial charge in [-0.05, 0) is 25.7 Å². The van der Waals surface area contributed by atoms with Gasteiger partial charge in [0.25, 0.3) is 0 Å². The number of ether oxygens (including phenoxy) is 2. The van der Waals surface area contributed by atoms with Crippen LogP contribution in [-0.2, 0) is 9.47 Å². The van der Waals surface area contributed by atoms with E-state index in [0.29, 0.717) is 0 Å². The van der Waals surface area contributed by atoms with Crippen LogP contribution >= 0.6 is 0 Å². The van der Waals surface area contributed by atoms with E-state index in [1.165, 1.54) is 0 Å². The van der Waals surface area contributed by atoms with Crippen LogP contribution in [-0.4, -0.2) is 19.5 Å². The van der Waals surface area contributed by atoms with Crippen molar-refractivity contribution in [2.75, 3.05) is 13.2 Å². The quantitative estimate of drug-likeness (QED) is 0.531. The van der Waals surface area contributed by atoms with Crippen LogP contribution in [0.3, 0.4) is 0 Å². The van der Waals surface area contributed by atoms with Crippen LogP contribution in [0.1, 0.15) is 0 Å². The fraction of sp³-hybridized carbons (Fsp3) is 0.375. The van der Waals surface area contributed by atoms with E-state index in [1.54, 1.807) is 0 Å². The molecule has 1 aliphatic carbocycles. The molecular weight excluding hydrogens is 128 g/mol. The Labute approximate surface area is 61.5 Å². The summed E-state index contributed by atoms with van der Waals surface area (Å²) in [5.41, 5.74) is 0. The van der Waals surface area contributed by atoms with E-state index in [-0.39, 0.29) is 6.29 Å². The topological polar surface area (TPSA) is 18.5 Å². The van der Waals surface area contributed by atoms with Crippen LogP contribution in [0.2, 0.25) is 0 Å². The van der Waals surface area contributed by atoms with Gasteiger partial charge in [-0.1, -0.05) is 0 Å². The van der Waals surface area contributed by atoms with Gasteiger partial charge < -0.3 is 9.47 Å². The van der Waals surface area contributed by atoms with Crippen LogP contribution in [0.5, 0.6) is 0 Å². The van der Waals surface area contributed by atoms with E-state index >= 15 is 0 Å². The average molecular weight is 137 g/mol. The van der Waals surface area contributed by atoms with Gasteiger partial charge in [0.15, 0.2) is 6.29 Å². The van der Waals surface area contributed by atoms with E-state index in [2.05, 4.69) is 0 Å². The van der Waals surface area contributed by atoms with Crippen LogP contribution in [0.4, 0.5) is 0 Å². The summed E-state index contributed by atoms with van der Waals surface area (Å²) in [6.45, 7) is 1.44. The lowest BCUT2D eigenvalue weighted by Gasteiger charge is -2.14. The summed E-state index contributed by atoms with van der Waals surface area (Å²) >= 11 is 0. The van der Waals surface area contributed by atoms with Crippen LogP contribution in [0.15, 0.2) is 0 Å². The van der Waals surface area contributed by atoms with Gasteiger partial charge in [-0.25, -0.2) is 0 Å². The molecule has 0 amide bonds. The average Bonchev–Trinajstić information content (AvgIpc) is 2.59. The van der Waals surface area contributed by atoms with Crippen molar-refractivity contribution in [3.05, 3.63) is 31.6 Å². The lowest BCUT2D eigenvalue weighted by molar-refractivity contribution is -0.0225. The number of hydrogen-bond acceptors (Lipinski definition) is 2. The van der Waals surface area contributed by atoms with E-state index in [0.717, 1.165) is 19.1 Å². The number of hydrogen-bond donors (Lipinski definition) is 0. The molecule has 1 heterocycles. The third-order valence-electron chi connectivity index (χ3n) is 1.58. The monoisotopic (exact) mass is 137 g/mol. The summed E-state index contributed by atoms with van der Waals surface area (Å²) in [4.78, 5) is 0. The first-order valence-electron chi connectivity index (χ1n) is 3.41. The largest absolute Gasteiger partial charge is 0.350 e. The minimum Gasteiger partial charge on any atom is -0.350 e. The third-order valence-corrected chi connectivity index (χ3v) is 1.58. The molecule has 2 fully saturated rings. The maximum absolute atomic E-state index is 5.28. The normalized spacial score (nSPS) is 30.0. The van der Waals surface area contributed by atoms with Crippen molar-refractivity contribution in [2.24, 2.45) is 0 Å². The second-order valence-electron chi connectivity index (χ2n) is 2.29. The number of rotatable bonds is 1. The van der Waals surface area contributed by atoms with Gasteiger partial charge >= 0.3 is 0 Å². The highest BCUT2D eigenvalue weighted by Crippen LogP contribution is 2.30. The molecule has 5 radical (unpaired) electrons. The smallest absolute Gasteiger partial charge is 0.164 e. The van der Waals surface area contributed by atoms with Crippen LogP contribution < -0.4 is 0 Å². The first kappa shape index (κ1) is 6.62. The van der Waals surface area contributed by atoms with Gasteiger partial charge in [-0.3, -0.25) is 0 Å². The zero-order valence-corrected chi connectivity index (χ0v) is 5.62. The van der Waals surface area contributed by atoms with Gasteiger partial charge in [-0.2, -0.15) is 0 Å². The third kappa shape index (κ3) is 1.18. The van der Waals surface area contributed by atoms with Crippen molar-refractivity contribution < 1.29 is 9.47 Å². The second-order valence-corrected chi connectivity index (χ2v) is 2.29. The highest BCUT2D eigenvalue weighted by molar-refractivity contribution is 5.36. The van der Waals surface area contributed by atoms with Crippen LogP contribution in [0, 0.1) is 31.6 Å². The standard InChI is InChI=1S/C8H9O2/c1-2-4-7(3-1)8-9-5-6-10-8/h1-4,8H,5-6H2. The predicted octanol–water partition coefficient (Wildman–Crippen LogP) is 0.765. The van der Waals surface area contributed by atoms with Crippen molar-refractivity contribution in [3.63, 3.8) is 0 Å². The van der Waals surface area contributed by atoms with Gasteiger partial charge in [0.05, 0.1) is 13.2 Å². The lowest BCUT2D eigenvalue weighted by atomic mass is 10.1. The van der Waals surface area contributed by atoms with E-state index in [1.807, 2.05) is 25.7 Å². The van der Waals surface area contributed by atoms with Crippen molar-refractivity contribution in [1.82, 2.24) is 0 Å². The Morgan fingerprint density at radius 3 is 2.30 bits per heavy atom. The molecular formula is C8H9O2. The van der Waals surface area contributed by atoms with Crippen molar-refractivity contribution in [2.45, 2.75) is 6.29 Å². The fourth-order valence-corrected chi connectivity index (χ4v) is 1.10. The molecule has 0 spiro atoms. The fourth-order valence-electron chi connectivity index (χ4n) is 1.10.